The van der Waals surface area contributed by atoms with Crippen molar-refractivity contribution in [1.29, 1.82) is 0 Å². The van der Waals surface area contributed by atoms with Gasteiger partial charge in [-0.05, 0) is 32.0 Å². The average Bonchev–Trinajstić information content (AvgIpc) is 2.77. The van der Waals surface area contributed by atoms with Crippen LogP contribution in [0.5, 0.6) is 0 Å². The predicted molar refractivity (Wildman–Crippen MR) is 77.1 cm³/mol. The van der Waals surface area contributed by atoms with Crippen LogP contribution >= 0.6 is 11.8 Å². The molecule has 0 radical (unpaired) electrons. The van der Waals surface area contributed by atoms with Gasteiger partial charge in [0.1, 0.15) is 5.52 Å². The number of rotatable bonds is 6. The Morgan fingerprint density at radius 3 is 2.83 bits per heavy atom. The summed E-state index contributed by atoms with van der Waals surface area (Å²) in [6, 6.07) is 8.33. The molecule has 0 spiro atoms. The zero-order chi connectivity index (χ0) is 13.0. The number of nitrogens with zero attached hydrogens (tertiary/aromatic N) is 1. The standard InChI is InChI=1S/C14H20N2OS/c1-4-9-15-10(2)11(3)18-14-16-12-7-5-6-8-13(12)17-14/h5-8,10-11,15H,4,9H2,1-3H3. The van der Waals surface area contributed by atoms with Crippen molar-refractivity contribution in [2.24, 2.45) is 0 Å². The van der Waals surface area contributed by atoms with Gasteiger partial charge in [-0.15, -0.1) is 0 Å². The zero-order valence-electron chi connectivity index (χ0n) is 11.1. The van der Waals surface area contributed by atoms with Crippen molar-refractivity contribution in [3.8, 4) is 0 Å². The van der Waals surface area contributed by atoms with E-state index < -0.39 is 0 Å². The molecule has 0 amide bonds. The molecule has 1 N–H and O–H groups in total. The maximum absolute atomic E-state index is 5.72. The highest BCUT2D eigenvalue weighted by atomic mass is 32.2. The van der Waals surface area contributed by atoms with Crippen LogP contribution in [0.25, 0.3) is 11.1 Å². The summed E-state index contributed by atoms with van der Waals surface area (Å²) >= 11 is 1.69. The van der Waals surface area contributed by atoms with Crippen LogP contribution in [-0.2, 0) is 0 Å². The minimum atomic E-state index is 0.435. The Labute approximate surface area is 112 Å². The van der Waals surface area contributed by atoms with Gasteiger partial charge in [0.25, 0.3) is 5.22 Å². The van der Waals surface area contributed by atoms with Crippen LogP contribution in [0.1, 0.15) is 27.2 Å². The second-order valence-corrected chi connectivity index (χ2v) is 5.84. The van der Waals surface area contributed by atoms with Gasteiger partial charge in [0.05, 0.1) is 0 Å². The van der Waals surface area contributed by atoms with Gasteiger partial charge >= 0.3 is 0 Å². The number of para-hydroxylation sites is 2. The van der Waals surface area contributed by atoms with Crippen LogP contribution in [0, 0.1) is 0 Å². The summed E-state index contributed by atoms with van der Waals surface area (Å²) in [4.78, 5) is 4.48. The summed E-state index contributed by atoms with van der Waals surface area (Å²) in [6.45, 7) is 7.64. The monoisotopic (exact) mass is 264 g/mol. The van der Waals surface area contributed by atoms with E-state index in [9.17, 15) is 0 Å². The van der Waals surface area contributed by atoms with Gasteiger partial charge in [-0.25, -0.2) is 4.98 Å². The highest BCUT2D eigenvalue weighted by Crippen LogP contribution is 2.27. The van der Waals surface area contributed by atoms with Crippen LogP contribution in [-0.4, -0.2) is 22.8 Å². The third-order valence-electron chi connectivity index (χ3n) is 2.98. The van der Waals surface area contributed by atoms with Gasteiger partial charge in [-0.3, -0.25) is 0 Å². The highest BCUT2D eigenvalue weighted by molar-refractivity contribution is 7.99. The molecule has 2 atom stereocenters. The lowest BCUT2D eigenvalue weighted by atomic mass is 10.2. The summed E-state index contributed by atoms with van der Waals surface area (Å²) in [5, 5.41) is 4.69. The lowest BCUT2D eigenvalue weighted by molar-refractivity contribution is 0.483. The fourth-order valence-corrected chi connectivity index (χ4v) is 2.61. The molecule has 0 saturated carbocycles. The first-order chi connectivity index (χ1) is 8.70. The van der Waals surface area contributed by atoms with Crippen molar-refractivity contribution in [2.75, 3.05) is 6.54 Å². The molecule has 0 saturated heterocycles. The first-order valence-corrected chi connectivity index (χ1v) is 7.34. The Kier molecular flexibility index (Phi) is 4.66. The maximum atomic E-state index is 5.72. The third kappa shape index (κ3) is 3.27. The van der Waals surface area contributed by atoms with E-state index in [1.165, 1.54) is 0 Å². The molecule has 0 aliphatic heterocycles. The van der Waals surface area contributed by atoms with Gasteiger partial charge in [0, 0.05) is 11.3 Å². The summed E-state index contributed by atoms with van der Waals surface area (Å²) < 4.78 is 5.72. The molecule has 2 aromatic rings. The zero-order valence-corrected chi connectivity index (χ0v) is 12.0. The Morgan fingerprint density at radius 2 is 2.11 bits per heavy atom. The van der Waals surface area contributed by atoms with Crippen LogP contribution in [0.15, 0.2) is 33.9 Å². The quantitative estimate of drug-likeness (QED) is 0.807. The Balaban J connectivity index is 1.99. The van der Waals surface area contributed by atoms with Crippen LogP contribution in [0.2, 0.25) is 0 Å². The van der Waals surface area contributed by atoms with Crippen molar-refractivity contribution in [3.05, 3.63) is 24.3 Å². The number of hydrogen-bond acceptors (Lipinski definition) is 4. The average molecular weight is 264 g/mol. The largest absolute Gasteiger partial charge is 0.431 e. The van der Waals surface area contributed by atoms with Crippen molar-refractivity contribution in [3.63, 3.8) is 0 Å². The molecule has 3 nitrogen and oxygen atoms in total. The number of thioether (sulfide) groups is 1. The minimum absolute atomic E-state index is 0.435. The molecule has 0 bridgehead atoms. The van der Waals surface area contributed by atoms with Gasteiger partial charge in [0.2, 0.25) is 0 Å². The highest BCUT2D eigenvalue weighted by Gasteiger charge is 2.16. The maximum Gasteiger partial charge on any atom is 0.257 e. The minimum Gasteiger partial charge on any atom is -0.431 e. The normalized spacial score (nSPS) is 14.8. The molecule has 1 heterocycles. The van der Waals surface area contributed by atoms with Crippen molar-refractivity contribution < 1.29 is 4.42 Å². The topological polar surface area (TPSA) is 38.1 Å². The fraction of sp³-hybridized carbons (Fsp3) is 0.500. The van der Waals surface area contributed by atoms with E-state index in [0.29, 0.717) is 11.3 Å². The molecule has 0 aliphatic rings. The summed E-state index contributed by atoms with van der Waals surface area (Å²) in [6.07, 6.45) is 1.16. The van der Waals surface area contributed by atoms with E-state index in [2.05, 4.69) is 31.1 Å². The van der Waals surface area contributed by atoms with Crippen molar-refractivity contribution in [1.82, 2.24) is 10.3 Å². The molecule has 1 aromatic carbocycles. The number of oxazole rings is 1. The van der Waals surface area contributed by atoms with Gasteiger partial charge < -0.3 is 9.73 Å². The molecule has 4 heteroatoms. The number of aromatic nitrogens is 1. The first-order valence-electron chi connectivity index (χ1n) is 6.46. The summed E-state index contributed by atoms with van der Waals surface area (Å²) in [5.74, 6) is 0. The molecule has 0 fully saturated rings. The second kappa shape index (κ2) is 6.25. The van der Waals surface area contributed by atoms with E-state index in [0.717, 1.165) is 29.3 Å². The number of benzene rings is 1. The summed E-state index contributed by atoms with van der Waals surface area (Å²) in [7, 11) is 0. The number of fused-ring (bicyclic) bond motifs is 1. The van der Waals surface area contributed by atoms with Crippen molar-refractivity contribution >= 4 is 22.9 Å². The number of nitrogens with one attached hydrogen (secondary N) is 1. The Bertz CT molecular complexity index is 464. The summed E-state index contributed by atoms with van der Waals surface area (Å²) in [5.41, 5.74) is 1.79. The lowest BCUT2D eigenvalue weighted by Gasteiger charge is -2.18. The molecule has 0 aliphatic carbocycles. The van der Waals surface area contributed by atoms with E-state index in [1.54, 1.807) is 11.8 Å². The molecular formula is C14H20N2OS. The Morgan fingerprint density at radius 1 is 1.33 bits per heavy atom. The predicted octanol–water partition coefficient (Wildman–Crippen LogP) is 3.70. The second-order valence-electron chi connectivity index (χ2n) is 4.51. The lowest BCUT2D eigenvalue weighted by Crippen LogP contribution is -2.34. The molecule has 2 rings (SSSR count). The smallest absolute Gasteiger partial charge is 0.257 e. The molecule has 18 heavy (non-hydrogen) atoms. The third-order valence-corrected chi connectivity index (χ3v) is 4.14. The molecule has 2 unspecified atom stereocenters. The van der Waals surface area contributed by atoms with Crippen LogP contribution < -0.4 is 5.32 Å². The first kappa shape index (κ1) is 13.4. The van der Waals surface area contributed by atoms with E-state index >= 15 is 0 Å². The van der Waals surface area contributed by atoms with Gasteiger partial charge in [-0.1, -0.05) is 37.7 Å². The van der Waals surface area contributed by atoms with Gasteiger partial charge in [-0.2, -0.15) is 0 Å². The van der Waals surface area contributed by atoms with Gasteiger partial charge in [0.15, 0.2) is 5.58 Å². The number of hydrogen-bond donors (Lipinski definition) is 1. The Hall–Kier alpha value is -1.00. The van der Waals surface area contributed by atoms with E-state index in [1.807, 2.05) is 24.3 Å². The SMILES string of the molecule is CCCNC(C)C(C)Sc1nc2ccccc2o1. The van der Waals surface area contributed by atoms with E-state index in [-0.39, 0.29) is 0 Å². The fourth-order valence-electron chi connectivity index (χ4n) is 1.70. The van der Waals surface area contributed by atoms with Crippen LogP contribution in [0.3, 0.4) is 0 Å². The molecule has 98 valence electrons. The van der Waals surface area contributed by atoms with Crippen LogP contribution in [0.4, 0.5) is 0 Å². The van der Waals surface area contributed by atoms with Crippen molar-refractivity contribution in [2.45, 2.75) is 43.7 Å². The van der Waals surface area contributed by atoms with E-state index in [4.69, 9.17) is 4.42 Å². The molecule has 1 aromatic heterocycles. The molecular weight excluding hydrogens is 244 g/mol.